The number of aliphatic hydroxyl groups excluding tert-OH is 4. The minimum Gasteiger partial charge on any atom is -0.495 e. The molecule has 9 nitrogen and oxygen atoms in total. The van der Waals surface area contributed by atoms with Crippen LogP contribution in [0.1, 0.15) is 13.8 Å². The minimum atomic E-state index is -1.54. The van der Waals surface area contributed by atoms with Crippen LogP contribution in [-0.4, -0.2) is 82.0 Å². The van der Waals surface area contributed by atoms with Crippen LogP contribution in [0.25, 0.3) is 0 Å². The third-order valence-corrected chi connectivity index (χ3v) is 3.79. The average Bonchev–Trinajstić information content (AvgIpc) is 2.50. The summed E-state index contributed by atoms with van der Waals surface area (Å²) in [5, 5.41) is 38.6. The van der Waals surface area contributed by atoms with E-state index >= 15 is 0 Å². The highest BCUT2D eigenvalue weighted by Crippen LogP contribution is 2.26. The van der Waals surface area contributed by atoms with Gasteiger partial charge in [-0.3, -0.25) is 4.79 Å². The van der Waals surface area contributed by atoms with Crippen LogP contribution in [0.5, 0.6) is 0 Å². The first-order valence-corrected chi connectivity index (χ1v) is 7.30. The van der Waals surface area contributed by atoms with Gasteiger partial charge >= 0.3 is 5.97 Å². The maximum Gasteiger partial charge on any atom is 0.303 e. The van der Waals surface area contributed by atoms with Crippen molar-refractivity contribution in [2.45, 2.75) is 62.9 Å². The Bertz CT molecular complexity index is 438. The molecule has 1 saturated heterocycles. The molecule has 0 amide bonds. The van der Waals surface area contributed by atoms with Gasteiger partial charge in [0.25, 0.3) is 0 Å². The molecule has 4 N–H and O–H groups in total. The highest BCUT2D eigenvalue weighted by atomic mass is 16.7. The number of hydrogen-bond acceptors (Lipinski definition) is 9. The Morgan fingerprint density at radius 3 is 2.52 bits per heavy atom. The second-order valence-electron chi connectivity index (χ2n) is 5.54. The zero-order valence-electron chi connectivity index (χ0n) is 12.8. The zero-order chi connectivity index (χ0) is 17.1. The molecule has 2 heterocycles. The Hall–Kier alpha value is -1.23. The standard InChI is InChI=1S/C14H22O9/c1-6-13(21-7(2)16)8(3-4-20-6)22-14-12(19)11(18)10(17)9(5-15)23-14/h3-4,6,8-15,17-19H,5H2,1-2H3/t6-,8-,9+,10-,11+,12-,13+,14+/m0/s1. The van der Waals surface area contributed by atoms with E-state index in [1.165, 1.54) is 19.3 Å². The third kappa shape index (κ3) is 4.00. The van der Waals surface area contributed by atoms with Crippen LogP contribution < -0.4 is 0 Å². The van der Waals surface area contributed by atoms with Crippen LogP contribution in [0.3, 0.4) is 0 Å². The number of aliphatic hydroxyl groups is 4. The first-order valence-electron chi connectivity index (χ1n) is 7.30. The zero-order valence-corrected chi connectivity index (χ0v) is 12.8. The lowest BCUT2D eigenvalue weighted by Gasteiger charge is -2.42. The second kappa shape index (κ2) is 7.56. The number of esters is 1. The third-order valence-electron chi connectivity index (χ3n) is 3.79. The van der Waals surface area contributed by atoms with Gasteiger partial charge in [0.15, 0.2) is 12.4 Å². The molecular formula is C14H22O9. The van der Waals surface area contributed by atoms with Crippen molar-refractivity contribution < 1.29 is 44.2 Å². The van der Waals surface area contributed by atoms with E-state index in [2.05, 4.69) is 0 Å². The Kier molecular flexibility index (Phi) is 5.95. The second-order valence-corrected chi connectivity index (χ2v) is 5.54. The normalized spacial score (nSPS) is 43.7. The van der Waals surface area contributed by atoms with Crippen molar-refractivity contribution >= 4 is 5.97 Å². The molecule has 2 rings (SSSR count). The summed E-state index contributed by atoms with van der Waals surface area (Å²) < 4.78 is 21.3. The largest absolute Gasteiger partial charge is 0.495 e. The smallest absolute Gasteiger partial charge is 0.303 e. The summed E-state index contributed by atoms with van der Waals surface area (Å²) in [5.41, 5.74) is 0. The van der Waals surface area contributed by atoms with E-state index in [1.54, 1.807) is 6.92 Å². The molecule has 132 valence electrons. The molecule has 23 heavy (non-hydrogen) atoms. The summed E-state index contributed by atoms with van der Waals surface area (Å²) in [5.74, 6) is -0.525. The molecule has 2 aliphatic heterocycles. The lowest BCUT2D eigenvalue weighted by atomic mass is 9.99. The monoisotopic (exact) mass is 334 g/mol. The molecule has 0 aromatic heterocycles. The molecule has 0 aromatic rings. The van der Waals surface area contributed by atoms with Crippen LogP contribution in [0, 0.1) is 0 Å². The fraction of sp³-hybridized carbons (Fsp3) is 0.786. The maximum absolute atomic E-state index is 11.2. The van der Waals surface area contributed by atoms with Gasteiger partial charge in [-0.2, -0.15) is 0 Å². The minimum absolute atomic E-state index is 0.487. The molecule has 0 unspecified atom stereocenters. The van der Waals surface area contributed by atoms with Crippen molar-refractivity contribution in [3.8, 4) is 0 Å². The van der Waals surface area contributed by atoms with Crippen molar-refractivity contribution in [1.29, 1.82) is 0 Å². The fourth-order valence-corrected chi connectivity index (χ4v) is 2.51. The maximum atomic E-state index is 11.2. The quantitative estimate of drug-likeness (QED) is 0.432. The number of ether oxygens (including phenoxy) is 4. The Morgan fingerprint density at radius 1 is 1.22 bits per heavy atom. The van der Waals surface area contributed by atoms with Crippen molar-refractivity contribution in [2.75, 3.05) is 6.61 Å². The molecule has 0 spiro atoms. The van der Waals surface area contributed by atoms with Gasteiger partial charge in [-0.15, -0.1) is 0 Å². The summed E-state index contributed by atoms with van der Waals surface area (Å²) in [7, 11) is 0. The van der Waals surface area contributed by atoms with Crippen LogP contribution in [0.15, 0.2) is 12.3 Å². The molecule has 0 radical (unpaired) electrons. The van der Waals surface area contributed by atoms with E-state index in [1.807, 2.05) is 0 Å². The molecule has 0 aromatic carbocycles. The Balaban J connectivity index is 2.10. The highest BCUT2D eigenvalue weighted by molar-refractivity contribution is 5.66. The predicted octanol–water partition coefficient (Wildman–Crippen LogP) is -1.96. The Morgan fingerprint density at radius 2 is 1.91 bits per heavy atom. The van der Waals surface area contributed by atoms with E-state index in [-0.39, 0.29) is 0 Å². The lowest BCUT2D eigenvalue weighted by molar-refractivity contribution is -0.315. The van der Waals surface area contributed by atoms with Gasteiger partial charge in [0, 0.05) is 6.92 Å². The van der Waals surface area contributed by atoms with Gasteiger partial charge in [0.1, 0.15) is 36.6 Å². The van der Waals surface area contributed by atoms with Crippen molar-refractivity contribution in [2.24, 2.45) is 0 Å². The summed E-state index contributed by atoms with van der Waals surface area (Å²) >= 11 is 0. The molecule has 9 heteroatoms. The van der Waals surface area contributed by atoms with E-state index in [4.69, 9.17) is 24.1 Å². The molecule has 1 fully saturated rings. The van der Waals surface area contributed by atoms with Gasteiger partial charge in [-0.25, -0.2) is 0 Å². The van der Waals surface area contributed by atoms with Gasteiger partial charge in [0.05, 0.1) is 12.9 Å². The SMILES string of the molecule is CC(=O)O[C@@H]1[C@H](C)OC=C[C@@H]1O[C@@H]1O[C@H](CO)[C@H](O)[C@@H](O)[C@@H]1O. The van der Waals surface area contributed by atoms with Crippen LogP contribution in [0.2, 0.25) is 0 Å². The van der Waals surface area contributed by atoms with Crippen molar-refractivity contribution in [3.05, 3.63) is 12.3 Å². The van der Waals surface area contributed by atoms with Crippen molar-refractivity contribution in [1.82, 2.24) is 0 Å². The number of carbonyl (C=O) groups is 1. The van der Waals surface area contributed by atoms with E-state index in [0.29, 0.717) is 0 Å². The highest BCUT2D eigenvalue weighted by Gasteiger charge is 2.46. The van der Waals surface area contributed by atoms with Gasteiger partial charge in [0.2, 0.25) is 0 Å². The topological polar surface area (TPSA) is 135 Å². The van der Waals surface area contributed by atoms with Crippen LogP contribution in [-0.2, 0) is 23.7 Å². The first kappa shape index (κ1) is 18.1. The van der Waals surface area contributed by atoms with E-state index in [9.17, 15) is 20.1 Å². The molecule has 0 aliphatic carbocycles. The molecule has 8 atom stereocenters. The predicted molar refractivity (Wildman–Crippen MR) is 73.9 cm³/mol. The lowest BCUT2D eigenvalue weighted by Crippen LogP contribution is -2.60. The average molecular weight is 334 g/mol. The summed E-state index contributed by atoms with van der Waals surface area (Å²) in [6, 6.07) is 0. The molecule has 0 bridgehead atoms. The summed E-state index contributed by atoms with van der Waals surface area (Å²) in [4.78, 5) is 11.2. The summed E-state index contributed by atoms with van der Waals surface area (Å²) in [6.07, 6.45) is -6.13. The number of hydrogen-bond donors (Lipinski definition) is 4. The molecular weight excluding hydrogens is 312 g/mol. The summed E-state index contributed by atoms with van der Waals surface area (Å²) in [6.45, 7) is 2.37. The van der Waals surface area contributed by atoms with Crippen LogP contribution >= 0.6 is 0 Å². The van der Waals surface area contributed by atoms with Crippen molar-refractivity contribution in [3.63, 3.8) is 0 Å². The van der Waals surface area contributed by atoms with Crippen LogP contribution in [0.4, 0.5) is 0 Å². The van der Waals surface area contributed by atoms with Gasteiger partial charge < -0.3 is 39.4 Å². The van der Waals surface area contributed by atoms with Gasteiger partial charge in [-0.1, -0.05) is 0 Å². The molecule has 2 aliphatic rings. The Labute approximate surface area is 133 Å². The molecule has 0 saturated carbocycles. The van der Waals surface area contributed by atoms with E-state index in [0.717, 1.165) is 0 Å². The first-order chi connectivity index (χ1) is 10.8. The van der Waals surface area contributed by atoms with E-state index < -0.39 is 61.6 Å². The number of carbonyl (C=O) groups excluding carboxylic acids is 1. The van der Waals surface area contributed by atoms with Gasteiger partial charge in [-0.05, 0) is 13.0 Å². The fourth-order valence-electron chi connectivity index (χ4n) is 2.51. The number of rotatable bonds is 4.